The van der Waals surface area contributed by atoms with Crippen molar-refractivity contribution in [1.82, 2.24) is 9.78 Å². The Kier molecular flexibility index (Phi) is 6.80. The van der Waals surface area contributed by atoms with E-state index >= 15 is 0 Å². The fourth-order valence-corrected chi connectivity index (χ4v) is 2.94. The van der Waals surface area contributed by atoms with Crippen molar-refractivity contribution in [2.24, 2.45) is 0 Å². The first-order valence-corrected chi connectivity index (χ1v) is 9.58. The van der Waals surface area contributed by atoms with Crippen molar-refractivity contribution < 1.29 is 37.0 Å². The van der Waals surface area contributed by atoms with Crippen LogP contribution < -0.4 is 5.32 Å². The summed E-state index contributed by atoms with van der Waals surface area (Å²) in [6, 6.07) is 11.1. The summed E-state index contributed by atoms with van der Waals surface area (Å²) in [5.74, 6) is -2.16. The third kappa shape index (κ3) is 5.20. The van der Waals surface area contributed by atoms with Gasteiger partial charge in [-0.3, -0.25) is 4.79 Å². The smallest absolute Gasteiger partial charge is 0.434 e. The number of hydrogen-bond donors (Lipinski definition) is 1. The van der Waals surface area contributed by atoms with Crippen LogP contribution in [0.15, 0.2) is 54.7 Å². The van der Waals surface area contributed by atoms with E-state index in [0.717, 1.165) is 6.20 Å². The highest BCUT2D eigenvalue weighted by Gasteiger charge is 2.41. The molecule has 0 spiro atoms. The van der Waals surface area contributed by atoms with Gasteiger partial charge in [-0.25, -0.2) is 14.3 Å². The van der Waals surface area contributed by atoms with Crippen LogP contribution in [-0.4, -0.2) is 41.3 Å². The highest BCUT2D eigenvalue weighted by atomic mass is 19.4. The lowest BCUT2D eigenvalue weighted by atomic mass is 10.1. The van der Waals surface area contributed by atoms with E-state index < -0.39 is 35.3 Å². The second kappa shape index (κ2) is 9.55. The van der Waals surface area contributed by atoms with Crippen LogP contribution in [0.3, 0.4) is 0 Å². The predicted molar refractivity (Wildman–Crippen MR) is 110 cm³/mol. The number of nitrogens with zero attached hydrogens (tertiary/aromatic N) is 2. The van der Waals surface area contributed by atoms with Gasteiger partial charge in [0.1, 0.15) is 5.56 Å². The average Bonchev–Trinajstić information content (AvgIpc) is 3.25. The summed E-state index contributed by atoms with van der Waals surface area (Å²) in [6.45, 7) is 1.40. The van der Waals surface area contributed by atoms with Gasteiger partial charge in [-0.05, 0) is 55.5 Å². The highest BCUT2D eigenvalue weighted by Crippen LogP contribution is 2.34. The maximum atomic E-state index is 13.6. The van der Waals surface area contributed by atoms with E-state index in [9.17, 15) is 27.6 Å². The van der Waals surface area contributed by atoms with E-state index in [1.54, 1.807) is 0 Å². The Hall–Kier alpha value is -4.15. The van der Waals surface area contributed by atoms with Crippen LogP contribution in [0, 0.1) is 0 Å². The molecule has 0 aliphatic rings. The molecule has 2 aromatic carbocycles. The Bertz CT molecular complexity index is 1170. The van der Waals surface area contributed by atoms with Crippen molar-refractivity contribution in [3.8, 4) is 5.69 Å². The van der Waals surface area contributed by atoms with Gasteiger partial charge in [0.15, 0.2) is 5.69 Å². The van der Waals surface area contributed by atoms with Crippen LogP contribution in [0.5, 0.6) is 0 Å². The van der Waals surface area contributed by atoms with Crippen LogP contribution in [0.2, 0.25) is 0 Å². The first-order chi connectivity index (χ1) is 15.7. The highest BCUT2D eigenvalue weighted by molar-refractivity contribution is 6.04. The summed E-state index contributed by atoms with van der Waals surface area (Å²) in [5.41, 5.74) is -1.08. The van der Waals surface area contributed by atoms with Gasteiger partial charge in [0.2, 0.25) is 0 Å². The molecule has 172 valence electrons. The Balaban J connectivity index is 1.81. The lowest BCUT2D eigenvalue weighted by Gasteiger charge is -2.13. The van der Waals surface area contributed by atoms with Gasteiger partial charge in [0, 0.05) is 11.3 Å². The molecule has 11 heteroatoms. The molecule has 0 bridgehead atoms. The first-order valence-electron chi connectivity index (χ1n) is 9.58. The van der Waals surface area contributed by atoms with Gasteiger partial charge in [0.25, 0.3) is 5.91 Å². The number of amides is 1. The molecule has 0 aliphatic heterocycles. The van der Waals surface area contributed by atoms with Crippen LogP contribution >= 0.6 is 0 Å². The number of anilines is 1. The molecule has 1 N–H and O–H groups in total. The Morgan fingerprint density at radius 2 is 1.58 bits per heavy atom. The SMILES string of the molecule is CCOC(=O)c1cnn(-c2ccc(NC(=O)c3ccc(C(=O)OC)cc3)cc2)c1C(F)(F)F. The molecule has 0 aliphatic carbocycles. The number of carbonyl (C=O) groups is 3. The Morgan fingerprint density at radius 1 is 0.970 bits per heavy atom. The normalized spacial score (nSPS) is 11.1. The monoisotopic (exact) mass is 461 g/mol. The number of nitrogens with one attached hydrogen (secondary N) is 1. The molecule has 3 aromatic rings. The molecule has 3 rings (SSSR count). The zero-order valence-electron chi connectivity index (χ0n) is 17.5. The number of rotatable bonds is 6. The molecule has 1 aromatic heterocycles. The van der Waals surface area contributed by atoms with Crippen LogP contribution in [0.1, 0.15) is 43.7 Å². The molecule has 0 fully saturated rings. The quantitative estimate of drug-likeness (QED) is 0.555. The summed E-state index contributed by atoms with van der Waals surface area (Å²) in [4.78, 5) is 35.8. The number of carbonyl (C=O) groups excluding carboxylic acids is 3. The number of esters is 2. The van der Waals surface area contributed by atoms with Crippen molar-refractivity contribution >= 4 is 23.5 Å². The minimum atomic E-state index is -4.86. The number of alkyl halides is 3. The molecule has 0 saturated heterocycles. The van der Waals surface area contributed by atoms with E-state index in [2.05, 4.69) is 19.9 Å². The predicted octanol–water partition coefficient (Wildman–Crippen LogP) is 4.11. The number of methoxy groups -OCH3 is 1. The van der Waals surface area contributed by atoms with Gasteiger partial charge >= 0.3 is 18.1 Å². The van der Waals surface area contributed by atoms with Crippen molar-refractivity contribution in [2.75, 3.05) is 19.0 Å². The number of halogens is 3. The fraction of sp³-hybridized carbons (Fsp3) is 0.182. The van der Waals surface area contributed by atoms with Gasteiger partial charge in [-0.1, -0.05) is 0 Å². The molecule has 0 unspecified atom stereocenters. The maximum Gasteiger partial charge on any atom is 0.434 e. The lowest BCUT2D eigenvalue weighted by molar-refractivity contribution is -0.143. The van der Waals surface area contributed by atoms with E-state index in [4.69, 9.17) is 0 Å². The van der Waals surface area contributed by atoms with E-state index in [1.807, 2.05) is 0 Å². The molecule has 0 radical (unpaired) electrons. The number of aromatic nitrogens is 2. The second-order valence-corrected chi connectivity index (χ2v) is 6.61. The van der Waals surface area contributed by atoms with Gasteiger partial charge in [0.05, 0.1) is 31.2 Å². The van der Waals surface area contributed by atoms with E-state index in [1.165, 1.54) is 62.6 Å². The number of hydrogen-bond acceptors (Lipinski definition) is 6. The largest absolute Gasteiger partial charge is 0.465 e. The van der Waals surface area contributed by atoms with Gasteiger partial charge < -0.3 is 14.8 Å². The standard InChI is InChI=1S/C22H18F3N3O5/c1-3-33-21(31)17-12-26-28(18(17)22(23,24)25)16-10-8-15(9-11-16)27-19(29)13-4-6-14(7-5-13)20(30)32-2/h4-12H,3H2,1-2H3,(H,27,29). The van der Waals surface area contributed by atoms with E-state index in [-0.39, 0.29) is 23.4 Å². The first kappa shape index (κ1) is 23.5. The molecule has 33 heavy (non-hydrogen) atoms. The van der Waals surface area contributed by atoms with Crippen molar-refractivity contribution in [2.45, 2.75) is 13.1 Å². The van der Waals surface area contributed by atoms with E-state index in [0.29, 0.717) is 10.4 Å². The average molecular weight is 461 g/mol. The maximum absolute atomic E-state index is 13.6. The zero-order chi connectivity index (χ0) is 24.2. The van der Waals surface area contributed by atoms with Crippen LogP contribution in [0.4, 0.5) is 18.9 Å². The third-order valence-corrected chi connectivity index (χ3v) is 4.47. The van der Waals surface area contributed by atoms with Crippen molar-refractivity contribution in [3.63, 3.8) is 0 Å². The number of ether oxygens (including phenoxy) is 2. The minimum absolute atomic E-state index is 0.0262. The van der Waals surface area contributed by atoms with Gasteiger partial charge in [-0.15, -0.1) is 0 Å². The summed E-state index contributed by atoms with van der Waals surface area (Å²) in [5, 5.41) is 6.30. The molecular weight excluding hydrogens is 443 g/mol. The van der Waals surface area contributed by atoms with Gasteiger partial charge in [-0.2, -0.15) is 18.3 Å². The Morgan fingerprint density at radius 3 is 2.12 bits per heavy atom. The molecule has 0 saturated carbocycles. The fourth-order valence-electron chi connectivity index (χ4n) is 2.94. The second-order valence-electron chi connectivity index (χ2n) is 6.61. The third-order valence-electron chi connectivity index (χ3n) is 4.47. The topological polar surface area (TPSA) is 99.5 Å². The summed E-state index contributed by atoms with van der Waals surface area (Å²) < 4.78 is 50.7. The summed E-state index contributed by atoms with van der Waals surface area (Å²) in [7, 11) is 1.24. The summed E-state index contributed by atoms with van der Waals surface area (Å²) in [6.07, 6.45) is -4.06. The summed E-state index contributed by atoms with van der Waals surface area (Å²) >= 11 is 0. The molecule has 0 atom stereocenters. The van der Waals surface area contributed by atoms with Crippen molar-refractivity contribution in [3.05, 3.63) is 77.1 Å². The molecule has 1 heterocycles. The molecule has 1 amide bonds. The van der Waals surface area contributed by atoms with Crippen LogP contribution in [0.25, 0.3) is 5.69 Å². The zero-order valence-corrected chi connectivity index (χ0v) is 17.5. The van der Waals surface area contributed by atoms with Crippen LogP contribution in [-0.2, 0) is 15.7 Å². The lowest BCUT2D eigenvalue weighted by Crippen LogP contribution is -2.18. The molecular formula is C22H18F3N3O5. The van der Waals surface area contributed by atoms with Crippen molar-refractivity contribution in [1.29, 1.82) is 0 Å². The number of benzene rings is 2. The Labute approximate surface area is 185 Å². The minimum Gasteiger partial charge on any atom is -0.465 e. The molecule has 8 nitrogen and oxygen atoms in total.